The number of hydrogen-bond donors (Lipinski definition) is 0. The van der Waals surface area contributed by atoms with E-state index in [1.807, 2.05) is 56.0 Å². The lowest BCUT2D eigenvalue weighted by molar-refractivity contribution is -0.0454. The Kier molecular flexibility index (Phi) is 4.89. The highest BCUT2D eigenvalue weighted by atomic mass is 79.9. The number of anilines is 1. The Hall–Kier alpha value is -2.74. The highest BCUT2D eigenvalue weighted by Crippen LogP contribution is 2.43. The average Bonchev–Trinajstić information content (AvgIpc) is 2.65. The van der Waals surface area contributed by atoms with Crippen molar-refractivity contribution in [3.05, 3.63) is 53.0 Å². The highest BCUT2D eigenvalue weighted by Gasteiger charge is 2.54. The van der Waals surface area contributed by atoms with E-state index < -0.39 is 5.60 Å². The van der Waals surface area contributed by atoms with Gasteiger partial charge in [-0.1, -0.05) is 22.0 Å². The minimum Gasteiger partial charge on any atom is -0.444 e. The van der Waals surface area contributed by atoms with Gasteiger partial charge in [0.15, 0.2) is 0 Å². The molecule has 2 saturated heterocycles. The Balaban J connectivity index is 1.29. The number of likely N-dealkylation sites (tertiary alicyclic amines) is 1. The molecule has 6 nitrogen and oxygen atoms in total. The molecule has 1 spiro atoms. The van der Waals surface area contributed by atoms with Crippen molar-refractivity contribution in [2.24, 2.45) is 5.41 Å². The second-order valence-electron chi connectivity index (χ2n) is 9.74. The maximum Gasteiger partial charge on any atom is 0.410 e. The molecule has 0 aliphatic carbocycles. The van der Waals surface area contributed by atoms with E-state index >= 15 is 4.39 Å². The van der Waals surface area contributed by atoms with Crippen molar-refractivity contribution >= 4 is 38.6 Å². The van der Waals surface area contributed by atoms with Crippen molar-refractivity contribution in [3.63, 3.8) is 0 Å². The fourth-order valence-corrected chi connectivity index (χ4v) is 4.88. The van der Waals surface area contributed by atoms with E-state index in [1.54, 1.807) is 4.90 Å². The fourth-order valence-electron chi connectivity index (χ4n) is 4.52. The lowest BCUT2D eigenvalue weighted by Crippen LogP contribution is -2.73. The van der Waals surface area contributed by atoms with Crippen molar-refractivity contribution < 1.29 is 13.9 Å². The van der Waals surface area contributed by atoms with E-state index in [-0.39, 0.29) is 17.3 Å². The summed E-state index contributed by atoms with van der Waals surface area (Å²) in [6.07, 6.45) is 1.23. The second-order valence-corrected chi connectivity index (χ2v) is 10.7. The molecule has 0 radical (unpaired) electrons. The Morgan fingerprint density at radius 2 is 1.84 bits per heavy atom. The van der Waals surface area contributed by atoms with Gasteiger partial charge >= 0.3 is 6.09 Å². The van der Waals surface area contributed by atoms with Gasteiger partial charge < -0.3 is 14.5 Å². The Bertz CT molecular complexity index is 1210. The van der Waals surface area contributed by atoms with Crippen LogP contribution in [0.5, 0.6) is 0 Å². The normalized spacial score (nSPS) is 17.3. The molecule has 166 valence electrons. The van der Waals surface area contributed by atoms with Gasteiger partial charge in [-0.3, -0.25) is 0 Å². The van der Waals surface area contributed by atoms with Crippen LogP contribution in [0.4, 0.5) is 14.9 Å². The van der Waals surface area contributed by atoms with Gasteiger partial charge in [-0.05, 0) is 51.1 Å². The first-order valence-electron chi connectivity index (χ1n) is 10.6. The molecule has 2 aliphatic heterocycles. The second kappa shape index (κ2) is 7.40. The van der Waals surface area contributed by atoms with Gasteiger partial charge in [0, 0.05) is 47.0 Å². The molecule has 1 amide bonds. The van der Waals surface area contributed by atoms with Gasteiger partial charge in [0.25, 0.3) is 0 Å². The number of hydrogen-bond acceptors (Lipinski definition) is 5. The molecule has 32 heavy (non-hydrogen) atoms. The lowest BCUT2D eigenvalue weighted by Gasteiger charge is -2.60. The monoisotopic (exact) mass is 498 g/mol. The number of benzene rings is 2. The van der Waals surface area contributed by atoms with Crippen molar-refractivity contribution in [1.82, 2.24) is 14.9 Å². The van der Waals surface area contributed by atoms with E-state index in [1.165, 1.54) is 12.4 Å². The largest absolute Gasteiger partial charge is 0.444 e. The third-order valence-electron chi connectivity index (χ3n) is 5.92. The van der Waals surface area contributed by atoms with Crippen LogP contribution in [0.3, 0.4) is 0 Å². The molecule has 5 rings (SSSR count). The van der Waals surface area contributed by atoms with E-state index in [2.05, 4.69) is 25.9 Å². The Morgan fingerprint density at radius 3 is 2.53 bits per heavy atom. The third kappa shape index (κ3) is 3.81. The average molecular weight is 499 g/mol. The summed E-state index contributed by atoms with van der Waals surface area (Å²) in [6.45, 7) is 8.35. The fraction of sp³-hybridized carbons (Fsp3) is 0.375. The third-order valence-corrected chi connectivity index (χ3v) is 6.41. The highest BCUT2D eigenvalue weighted by molar-refractivity contribution is 9.10. The molecule has 2 aromatic carbocycles. The summed E-state index contributed by atoms with van der Waals surface area (Å²) in [5, 5.41) is 0.869. The number of ether oxygens (including phenoxy) is 1. The van der Waals surface area contributed by atoms with Gasteiger partial charge in [0.2, 0.25) is 0 Å². The minimum atomic E-state index is -0.499. The van der Waals surface area contributed by atoms with Crippen LogP contribution in [-0.4, -0.2) is 52.7 Å². The van der Waals surface area contributed by atoms with Gasteiger partial charge in [0.05, 0.1) is 16.9 Å². The van der Waals surface area contributed by atoms with Gasteiger partial charge in [0.1, 0.15) is 17.7 Å². The summed E-state index contributed by atoms with van der Waals surface area (Å²) in [4.78, 5) is 24.6. The topological polar surface area (TPSA) is 58.6 Å². The zero-order chi connectivity index (χ0) is 22.7. The van der Waals surface area contributed by atoms with E-state index in [0.717, 1.165) is 28.5 Å². The molecule has 3 heterocycles. The quantitative estimate of drug-likeness (QED) is 0.482. The van der Waals surface area contributed by atoms with E-state index in [9.17, 15) is 4.79 Å². The summed E-state index contributed by atoms with van der Waals surface area (Å²) >= 11 is 3.48. The molecule has 1 aromatic heterocycles. The van der Waals surface area contributed by atoms with Crippen LogP contribution in [0, 0.1) is 11.2 Å². The van der Waals surface area contributed by atoms with Crippen LogP contribution in [0.1, 0.15) is 20.8 Å². The number of aromatic nitrogens is 2. The SMILES string of the molecule is CC(C)(C)OC(=O)N1CC2(C1)CN(c1ccc(-c3ncnc4ccc(Br)cc34)cc1F)C2. The van der Waals surface area contributed by atoms with Crippen molar-refractivity contribution in [3.8, 4) is 11.3 Å². The van der Waals surface area contributed by atoms with Crippen LogP contribution in [0.15, 0.2) is 47.2 Å². The van der Waals surface area contributed by atoms with Gasteiger partial charge in [-0.2, -0.15) is 0 Å². The number of carbonyl (C=O) groups is 1. The number of carbonyl (C=O) groups excluding carboxylic acids is 1. The number of amides is 1. The van der Waals surface area contributed by atoms with Crippen LogP contribution in [0.25, 0.3) is 22.2 Å². The van der Waals surface area contributed by atoms with E-state index in [4.69, 9.17) is 4.74 Å². The van der Waals surface area contributed by atoms with Crippen molar-refractivity contribution in [1.29, 1.82) is 0 Å². The minimum absolute atomic E-state index is 0.0388. The summed E-state index contributed by atoms with van der Waals surface area (Å²) in [7, 11) is 0. The van der Waals surface area contributed by atoms with Crippen molar-refractivity contribution in [2.75, 3.05) is 31.1 Å². The van der Waals surface area contributed by atoms with Crippen LogP contribution in [-0.2, 0) is 4.74 Å². The standard InChI is InChI=1S/C24H24BrFN4O2/c1-23(2,3)32-22(31)30-12-24(13-30)10-29(11-24)20-7-4-15(8-18(20)26)21-17-9-16(25)5-6-19(17)27-14-28-21/h4-9,14H,10-13H2,1-3H3. The molecule has 0 bridgehead atoms. The molecule has 0 unspecified atom stereocenters. The summed E-state index contributed by atoms with van der Waals surface area (Å²) in [5.74, 6) is -0.276. The molecule has 0 saturated carbocycles. The molecular formula is C24H24BrFN4O2. The first-order chi connectivity index (χ1) is 15.1. The molecule has 0 atom stereocenters. The van der Waals surface area contributed by atoms with Crippen molar-refractivity contribution in [2.45, 2.75) is 26.4 Å². The first-order valence-corrected chi connectivity index (χ1v) is 11.3. The molecule has 8 heteroatoms. The zero-order valence-corrected chi connectivity index (χ0v) is 19.8. The molecule has 2 aliphatic rings. The molecular weight excluding hydrogens is 475 g/mol. The predicted octanol–water partition coefficient (Wildman–Crippen LogP) is 5.26. The zero-order valence-electron chi connectivity index (χ0n) is 18.2. The van der Waals surface area contributed by atoms with Gasteiger partial charge in [-0.15, -0.1) is 0 Å². The van der Waals surface area contributed by atoms with Crippen LogP contribution < -0.4 is 4.90 Å². The smallest absolute Gasteiger partial charge is 0.410 e. The number of fused-ring (bicyclic) bond motifs is 1. The molecule has 0 N–H and O–H groups in total. The number of rotatable bonds is 2. The predicted molar refractivity (Wildman–Crippen MR) is 125 cm³/mol. The number of halogens is 2. The lowest BCUT2D eigenvalue weighted by atomic mass is 9.73. The molecule has 3 aromatic rings. The van der Waals surface area contributed by atoms with Gasteiger partial charge in [-0.25, -0.2) is 19.2 Å². The summed E-state index contributed by atoms with van der Waals surface area (Å²) in [5.41, 5.74) is 2.35. The summed E-state index contributed by atoms with van der Waals surface area (Å²) in [6, 6.07) is 11.0. The maximum atomic E-state index is 15.1. The summed E-state index contributed by atoms with van der Waals surface area (Å²) < 4.78 is 21.4. The Morgan fingerprint density at radius 1 is 1.09 bits per heavy atom. The van der Waals surface area contributed by atoms with E-state index in [0.29, 0.717) is 30.0 Å². The van der Waals surface area contributed by atoms with Crippen LogP contribution in [0.2, 0.25) is 0 Å². The van der Waals surface area contributed by atoms with Crippen LogP contribution >= 0.6 is 15.9 Å². The Labute approximate surface area is 194 Å². The molecule has 2 fully saturated rings. The first kappa shape index (κ1) is 21.1. The maximum absolute atomic E-state index is 15.1. The number of nitrogens with zero attached hydrogens (tertiary/aromatic N) is 4.